The molecular weight excluding hydrogens is 206 g/mol. The van der Waals surface area contributed by atoms with Gasteiger partial charge in [0.2, 0.25) is 0 Å². The van der Waals surface area contributed by atoms with Gasteiger partial charge in [-0.15, -0.1) is 0 Å². The van der Waals surface area contributed by atoms with Crippen molar-refractivity contribution in [2.24, 2.45) is 0 Å². The first-order chi connectivity index (χ1) is 7.79. The van der Waals surface area contributed by atoms with Crippen molar-refractivity contribution >= 4 is 11.7 Å². The van der Waals surface area contributed by atoms with Crippen molar-refractivity contribution < 1.29 is 9.53 Å². The maximum absolute atomic E-state index is 10.9. The van der Waals surface area contributed by atoms with Crippen molar-refractivity contribution in [1.29, 1.82) is 0 Å². The minimum absolute atomic E-state index is 0.187. The average molecular weight is 223 g/mol. The molecule has 1 aromatic rings. The quantitative estimate of drug-likeness (QED) is 0.787. The van der Waals surface area contributed by atoms with Gasteiger partial charge in [0.1, 0.15) is 6.54 Å². The third-order valence-corrected chi connectivity index (χ3v) is 2.96. The van der Waals surface area contributed by atoms with Gasteiger partial charge in [-0.2, -0.15) is 5.10 Å². The number of carbonyl (C=O) groups is 1. The van der Waals surface area contributed by atoms with Crippen LogP contribution in [0.4, 0.5) is 5.69 Å². The molecule has 0 aliphatic heterocycles. The molecule has 1 fully saturated rings. The smallest absolute Gasteiger partial charge is 0.325 e. The molecule has 0 unspecified atom stereocenters. The van der Waals surface area contributed by atoms with Gasteiger partial charge in [-0.3, -0.25) is 9.48 Å². The molecule has 5 heteroatoms. The SMILES string of the molecule is COC(=O)CNc1cnn(C2CCCC2)c1. The first-order valence-corrected chi connectivity index (χ1v) is 5.64. The van der Waals surface area contributed by atoms with E-state index >= 15 is 0 Å². The number of nitrogens with zero attached hydrogens (tertiary/aromatic N) is 2. The fourth-order valence-electron chi connectivity index (χ4n) is 2.04. The average Bonchev–Trinajstić information content (AvgIpc) is 2.95. The molecule has 1 aliphatic rings. The molecule has 5 nitrogen and oxygen atoms in total. The fourth-order valence-corrected chi connectivity index (χ4v) is 2.04. The minimum Gasteiger partial charge on any atom is -0.468 e. The first-order valence-electron chi connectivity index (χ1n) is 5.64. The van der Waals surface area contributed by atoms with Crippen molar-refractivity contribution in [2.75, 3.05) is 19.0 Å². The van der Waals surface area contributed by atoms with E-state index in [0.717, 1.165) is 5.69 Å². The lowest BCUT2D eigenvalue weighted by Crippen LogP contribution is -2.14. The zero-order valence-corrected chi connectivity index (χ0v) is 9.48. The van der Waals surface area contributed by atoms with Crippen molar-refractivity contribution in [3.05, 3.63) is 12.4 Å². The Morgan fingerprint density at radius 3 is 3.06 bits per heavy atom. The Bertz CT molecular complexity index is 356. The Hall–Kier alpha value is -1.52. The molecule has 1 N–H and O–H groups in total. The van der Waals surface area contributed by atoms with E-state index in [1.54, 1.807) is 6.20 Å². The van der Waals surface area contributed by atoms with Crippen LogP contribution in [-0.4, -0.2) is 29.4 Å². The molecule has 1 saturated carbocycles. The van der Waals surface area contributed by atoms with Gasteiger partial charge in [0.15, 0.2) is 0 Å². The van der Waals surface area contributed by atoms with Crippen LogP contribution in [0.2, 0.25) is 0 Å². The van der Waals surface area contributed by atoms with Crippen LogP contribution in [0.3, 0.4) is 0 Å². The van der Waals surface area contributed by atoms with Crippen LogP contribution in [0, 0.1) is 0 Å². The van der Waals surface area contributed by atoms with E-state index in [-0.39, 0.29) is 12.5 Å². The zero-order valence-electron chi connectivity index (χ0n) is 9.48. The number of hydrogen-bond acceptors (Lipinski definition) is 4. The number of ether oxygens (including phenoxy) is 1. The molecule has 16 heavy (non-hydrogen) atoms. The van der Waals surface area contributed by atoms with Gasteiger partial charge in [0, 0.05) is 6.20 Å². The maximum Gasteiger partial charge on any atom is 0.325 e. The number of hydrogen-bond donors (Lipinski definition) is 1. The highest BCUT2D eigenvalue weighted by Gasteiger charge is 2.17. The van der Waals surface area contributed by atoms with Crippen LogP contribution < -0.4 is 5.32 Å². The zero-order chi connectivity index (χ0) is 11.4. The van der Waals surface area contributed by atoms with E-state index < -0.39 is 0 Å². The topological polar surface area (TPSA) is 56.1 Å². The van der Waals surface area contributed by atoms with Gasteiger partial charge in [-0.1, -0.05) is 12.8 Å². The molecule has 1 aromatic heterocycles. The molecule has 0 radical (unpaired) electrons. The lowest BCUT2D eigenvalue weighted by atomic mass is 10.3. The molecule has 0 spiro atoms. The van der Waals surface area contributed by atoms with Crippen LogP contribution >= 0.6 is 0 Å². The van der Waals surface area contributed by atoms with Crippen molar-refractivity contribution in [3.63, 3.8) is 0 Å². The molecule has 0 aromatic carbocycles. The van der Waals surface area contributed by atoms with E-state index in [2.05, 4.69) is 15.2 Å². The summed E-state index contributed by atoms with van der Waals surface area (Å²) in [5.74, 6) is -0.270. The summed E-state index contributed by atoms with van der Waals surface area (Å²) >= 11 is 0. The highest BCUT2D eigenvalue weighted by atomic mass is 16.5. The van der Waals surface area contributed by atoms with Crippen LogP contribution in [0.1, 0.15) is 31.7 Å². The first kappa shape index (κ1) is 11.0. The number of methoxy groups -OCH3 is 1. The number of esters is 1. The van der Waals surface area contributed by atoms with Gasteiger partial charge >= 0.3 is 5.97 Å². The summed E-state index contributed by atoms with van der Waals surface area (Å²) in [5.41, 5.74) is 0.873. The Balaban J connectivity index is 1.89. The van der Waals surface area contributed by atoms with Crippen molar-refractivity contribution in [1.82, 2.24) is 9.78 Å². The summed E-state index contributed by atoms with van der Waals surface area (Å²) in [6.45, 7) is 0.187. The number of aromatic nitrogens is 2. The lowest BCUT2D eigenvalue weighted by Gasteiger charge is -2.08. The van der Waals surface area contributed by atoms with Crippen molar-refractivity contribution in [3.8, 4) is 0 Å². The molecule has 0 saturated heterocycles. The van der Waals surface area contributed by atoms with E-state index in [1.165, 1.54) is 32.8 Å². The second kappa shape index (κ2) is 5.01. The fraction of sp³-hybridized carbons (Fsp3) is 0.636. The monoisotopic (exact) mass is 223 g/mol. The van der Waals surface area contributed by atoms with E-state index in [4.69, 9.17) is 0 Å². The highest BCUT2D eigenvalue weighted by Crippen LogP contribution is 2.29. The standard InChI is InChI=1S/C11H17N3O2/c1-16-11(15)7-12-9-6-13-14(8-9)10-4-2-3-5-10/h6,8,10,12H,2-5,7H2,1H3. The van der Waals surface area contributed by atoms with Crippen LogP contribution in [0.15, 0.2) is 12.4 Å². The summed E-state index contributed by atoms with van der Waals surface area (Å²) in [6.07, 6.45) is 8.70. The molecule has 1 heterocycles. The molecular formula is C11H17N3O2. The molecule has 0 atom stereocenters. The van der Waals surface area contributed by atoms with E-state index in [0.29, 0.717) is 6.04 Å². The van der Waals surface area contributed by atoms with Crippen LogP contribution in [0.25, 0.3) is 0 Å². The van der Waals surface area contributed by atoms with E-state index in [9.17, 15) is 4.79 Å². The third kappa shape index (κ3) is 2.53. The number of carbonyl (C=O) groups excluding carboxylic acids is 1. The number of nitrogens with one attached hydrogen (secondary N) is 1. The highest BCUT2D eigenvalue weighted by molar-refractivity contribution is 5.74. The molecule has 1 aliphatic carbocycles. The maximum atomic E-state index is 10.9. The molecule has 2 rings (SSSR count). The minimum atomic E-state index is -0.270. The molecule has 88 valence electrons. The van der Waals surface area contributed by atoms with Gasteiger partial charge in [-0.05, 0) is 12.8 Å². The number of anilines is 1. The normalized spacial score (nSPS) is 16.3. The summed E-state index contributed by atoms with van der Waals surface area (Å²) in [6, 6.07) is 0.536. The van der Waals surface area contributed by atoms with Gasteiger partial charge in [0.25, 0.3) is 0 Å². The second-order valence-corrected chi connectivity index (χ2v) is 4.08. The molecule has 0 amide bonds. The second-order valence-electron chi connectivity index (χ2n) is 4.08. The van der Waals surface area contributed by atoms with Crippen molar-refractivity contribution in [2.45, 2.75) is 31.7 Å². The van der Waals surface area contributed by atoms with Gasteiger partial charge in [0.05, 0.1) is 25.0 Å². The lowest BCUT2D eigenvalue weighted by molar-refractivity contribution is -0.138. The Kier molecular flexibility index (Phi) is 3.44. The summed E-state index contributed by atoms with van der Waals surface area (Å²) < 4.78 is 6.54. The summed E-state index contributed by atoms with van der Waals surface area (Å²) in [4.78, 5) is 10.9. The van der Waals surface area contributed by atoms with Crippen LogP contribution in [-0.2, 0) is 9.53 Å². The summed E-state index contributed by atoms with van der Waals surface area (Å²) in [5, 5.41) is 7.29. The predicted molar refractivity (Wildman–Crippen MR) is 60.2 cm³/mol. The van der Waals surface area contributed by atoms with Crippen LogP contribution in [0.5, 0.6) is 0 Å². The predicted octanol–water partition coefficient (Wildman–Crippen LogP) is 1.58. The van der Waals surface area contributed by atoms with E-state index in [1.807, 2.05) is 10.9 Å². The number of rotatable bonds is 4. The Labute approximate surface area is 94.8 Å². The van der Waals surface area contributed by atoms with Gasteiger partial charge < -0.3 is 10.1 Å². The van der Waals surface area contributed by atoms with Gasteiger partial charge in [-0.25, -0.2) is 0 Å². The Morgan fingerprint density at radius 2 is 2.38 bits per heavy atom. The third-order valence-electron chi connectivity index (χ3n) is 2.96. The summed E-state index contributed by atoms with van der Waals surface area (Å²) in [7, 11) is 1.38. The molecule has 0 bridgehead atoms. The largest absolute Gasteiger partial charge is 0.468 e. The Morgan fingerprint density at radius 1 is 1.62 bits per heavy atom.